The first kappa shape index (κ1) is 30.6. The first-order valence-electron chi connectivity index (χ1n) is 17.8. The summed E-state index contributed by atoms with van der Waals surface area (Å²) in [5.74, 6) is 1.76. The van der Waals surface area contributed by atoms with Crippen LogP contribution in [-0.4, -0.2) is 15.0 Å². The highest BCUT2D eigenvalue weighted by molar-refractivity contribution is 6.19. The van der Waals surface area contributed by atoms with Crippen LogP contribution in [0.1, 0.15) is 0 Å². The minimum atomic E-state index is 0.552. The molecule has 0 aliphatic heterocycles. The molecule has 0 fully saturated rings. The van der Waals surface area contributed by atoms with Crippen molar-refractivity contribution in [1.29, 1.82) is 0 Å². The molecular weight excluding hydrogens is 647 g/mol. The van der Waals surface area contributed by atoms with Crippen molar-refractivity contribution in [2.75, 3.05) is 0 Å². The number of aromatic nitrogens is 3. The van der Waals surface area contributed by atoms with E-state index in [0.717, 1.165) is 72.0 Å². The minimum absolute atomic E-state index is 0.552. The first-order chi connectivity index (χ1) is 26.3. The van der Waals surface area contributed by atoms with E-state index in [4.69, 9.17) is 19.4 Å². The molecule has 0 spiro atoms. The van der Waals surface area contributed by atoms with Gasteiger partial charge in [-0.05, 0) is 62.9 Å². The quantitative estimate of drug-likeness (QED) is 0.176. The molecule has 0 amide bonds. The van der Waals surface area contributed by atoms with Gasteiger partial charge in [0.05, 0.1) is 5.56 Å². The van der Waals surface area contributed by atoms with Crippen molar-refractivity contribution in [2.24, 2.45) is 0 Å². The highest BCUT2D eigenvalue weighted by Gasteiger charge is 2.23. The minimum Gasteiger partial charge on any atom is -0.455 e. The maximum absolute atomic E-state index is 7.15. The number of fused-ring (bicyclic) bond motifs is 4. The van der Waals surface area contributed by atoms with E-state index < -0.39 is 0 Å². The number of hydrogen-bond donors (Lipinski definition) is 0. The van der Waals surface area contributed by atoms with Gasteiger partial charge in [0.2, 0.25) is 0 Å². The Morgan fingerprint density at radius 2 is 0.830 bits per heavy atom. The van der Waals surface area contributed by atoms with Crippen molar-refractivity contribution >= 4 is 32.7 Å². The Kier molecular flexibility index (Phi) is 7.43. The topological polar surface area (TPSA) is 51.8 Å². The van der Waals surface area contributed by atoms with Crippen LogP contribution in [0.25, 0.3) is 100 Å². The third-order valence-corrected chi connectivity index (χ3v) is 9.91. The molecule has 0 N–H and O–H groups in total. The van der Waals surface area contributed by atoms with Gasteiger partial charge in [0, 0.05) is 27.5 Å². The van der Waals surface area contributed by atoms with Gasteiger partial charge >= 0.3 is 0 Å². The van der Waals surface area contributed by atoms with Crippen molar-refractivity contribution in [3.8, 4) is 67.5 Å². The van der Waals surface area contributed by atoms with E-state index in [-0.39, 0.29) is 0 Å². The molecule has 248 valence electrons. The lowest BCUT2D eigenvalue weighted by Crippen LogP contribution is -2.00. The summed E-state index contributed by atoms with van der Waals surface area (Å²) in [4.78, 5) is 15.2. The molecule has 0 aliphatic rings. The molecule has 0 bridgehead atoms. The molecule has 0 saturated carbocycles. The largest absolute Gasteiger partial charge is 0.455 e. The molecule has 53 heavy (non-hydrogen) atoms. The Hall–Kier alpha value is -7.17. The summed E-state index contributed by atoms with van der Waals surface area (Å²) in [6, 6.07) is 65.2. The third-order valence-electron chi connectivity index (χ3n) is 9.91. The molecular formula is C49H31N3O. The number of hydrogen-bond acceptors (Lipinski definition) is 4. The van der Waals surface area contributed by atoms with Gasteiger partial charge in [-0.25, -0.2) is 15.0 Å². The van der Waals surface area contributed by atoms with Crippen LogP contribution in [0.2, 0.25) is 0 Å². The fourth-order valence-electron chi connectivity index (χ4n) is 7.31. The molecule has 2 heterocycles. The highest BCUT2D eigenvalue weighted by atomic mass is 16.3. The second-order valence-electron chi connectivity index (χ2n) is 13.2. The molecule has 0 unspecified atom stereocenters. The molecule has 0 atom stereocenters. The fraction of sp³-hybridized carbons (Fsp3) is 0. The van der Waals surface area contributed by atoms with Crippen molar-refractivity contribution in [3.05, 3.63) is 188 Å². The summed E-state index contributed by atoms with van der Waals surface area (Å²) in [7, 11) is 0. The fourth-order valence-corrected chi connectivity index (χ4v) is 7.31. The second-order valence-corrected chi connectivity index (χ2v) is 13.2. The molecule has 8 aromatic carbocycles. The number of furan rings is 1. The predicted molar refractivity (Wildman–Crippen MR) is 217 cm³/mol. The van der Waals surface area contributed by atoms with Gasteiger partial charge in [-0.2, -0.15) is 0 Å². The molecule has 10 rings (SSSR count). The van der Waals surface area contributed by atoms with Gasteiger partial charge in [0.15, 0.2) is 17.5 Å². The number of benzene rings is 8. The molecule has 10 aromatic rings. The van der Waals surface area contributed by atoms with E-state index in [2.05, 4.69) is 121 Å². The summed E-state index contributed by atoms with van der Waals surface area (Å²) < 4.78 is 7.15. The van der Waals surface area contributed by atoms with Crippen molar-refractivity contribution < 1.29 is 4.42 Å². The smallest absolute Gasteiger partial charge is 0.167 e. The Morgan fingerprint density at radius 1 is 0.302 bits per heavy atom. The van der Waals surface area contributed by atoms with Crippen LogP contribution in [0.5, 0.6) is 0 Å². The zero-order valence-corrected chi connectivity index (χ0v) is 28.6. The van der Waals surface area contributed by atoms with E-state index in [9.17, 15) is 0 Å². The Balaban J connectivity index is 1.31. The van der Waals surface area contributed by atoms with Gasteiger partial charge < -0.3 is 4.42 Å². The first-order valence-corrected chi connectivity index (χ1v) is 17.8. The van der Waals surface area contributed by atoms with Crippen LogP contribution in [0, 0.1) is 0 Å². The summed E-state index contributed by atoms with van der Waals surface area (Å²) in [5.41, 5.74) is 10.8. The average molecular weight is 678 g/mol. The Bertz CT molecular complexity index is 2860. The van der Waals surface area contributed by atoms with E-state index in [1.807, 2.05) is 66.7 Å². The molecule has 4 nitrogen and oxygen atoms in total. The predicted octanol–water partition coefficient (Wildman–Crippen LogP) is 12.9. The SMILES string of the molecule is c1ccc(-c2cc(-c3ccccc3)c3oc4c(-c5nc(-c6ccccc6)nc(-c6ccccc6)n5)ccc(-c5ccc6ccccc6c5)c4c3c2)cc1. The summed E-state index contributed by atoms with van der Waals surface area (Å²) in [5, 5.41) is 4.44. The zero-order chi connectivity index (χ0) is 35.1. The van der Waals surface area contributed by atoms with Crippen LogP contribution >= 0.6 is 0 Å². The van der Waals surface area contributed by atoms with E-state index in [1.54, 1.807) is 0 Å². The number of nitrogens with zero attached hydrogens (tertiary/aromatic N) is 3. The zero-order valence-electron chi connectivity index (χ0n) is 28.6. The lowest BCUT2D eigenvalue weighted by molar-refractivity contribution is 0.670. The molecule has 0 saturated heterocycles. The van der Waals surface area contributed by atoms with Crippen molar-refractivity contribution in [2.45, 2.75) is 0 Å². The lowest BCUT2D eigenvalue weighted by atomic mass is 9.92. The molecule has 0 radical (unpaired) electrons. The second kappa shape index (κ2) is 12.9. The van der Waals surface area contributed by atoms with Gasteiger partial charge in [0.1, 0.15) is 11.2 Å². The van der Waals surface area contributed by atoms with Crippen LogP contribution in [0.3, 0.4) is 0 Å². The third kappa shape index (κ3) is 5.54. The molecule has 4 heteroatoms. The Labute approximate surface area is 306 Å². The van der Waals surface area contributed by atoms with Gasteiger partial charge in [0.25, 0.3) is 0 Å². The van der Waals surface area contributed by atoms with Gasteiger partial charge in [-0.1, -0.05) is 164 Å². The molecule has 0 aliphatic carbocycles. The standard InChI is InChI=1S/C49H31N3O/c1-5-15-32(16-6-1)39-30-42(34-18-7-2-8-19-34)45-43(31-39)44-40(38-26-25-33-17-13-14-24-37(33)29-38)27-28-41(46(44)53-45)49-51-47(35-20-9-3-10-21-35)50-48(52-49)36-22-11-4-12-23-36/h1-31H. The van der Waals surface area contributed by atoms with Crippen molar-refractivity contribution in [1.82, 2.24) is 15.0 Å². The maximum atomic E-state index is 7.15. The van der Waals surface area contributed by atoms with Crippen LogP contribution in [-0.2, 0) is 0 Å². The monoisotopic (exact) mass is 677 g/mol. The van der Waals surface area contributed by atoms with Gasteiger partial charge in [-0.3, -0.25) is 0 Å². The summed E-state index contributed by atoms with van der Waals surface area (Å²) in [6.45, 7) is 0. The average Bonchev–Trinajstić information content (AvgIpc) is 3.64. The van der Waals surface area contributed by atoms with E-state index in [0.29, 0.717) is 17.5 Å². The number of rotatable bonds is 6. The summed E-state index contributed by atoms with van der Waals surface area (Å²) in [6.07, 6.45) is 0. The van der Waals surface area contributed by atoms with Crippen molar-refractivity contribution in [3.63, 3.8) is 0 Å². The lowest BCUT2D eigenvalue weighted by Gasteiger charge is -2.11. The highest BCUT2D eigenvalue weighted by Crippen LogP contribution is 2.46. The summed E-state index contributed by atoms with van der Waals surface area (Å²) >= 11 is 0. The van der Waals surface area contributed by atoms with Gasteiger partial charge in [-0.15, -0.1) is 0 Å². The normalized spacial score (nSPS) is 11.4. The van der Waals surface area contributed by atoms with Crippen LogP contribution in [0.15, 0.2) is 192 Å². The van der Waals surface area contributed by atoms with E-state index in [1.165, 1.54) is 10.8 Å². The van der Waals surface area contributed by atoms with E-state index >= 15 is 0 Å². The molecule has 2 aromatic heterocycles. The Morgan fingerprint density at radius 3 is 1.47 bits per heavy atom. The van der Waals surface area contributed by atoms with Crippen LogP contribution in [0.4, 0.5) is 0 Å². The van der Waals surface area contributed by atoms with Crippen LogP contribution < -0.4 is 0 Å². The maximum Gasteiger partial charge on any atom is 0.167 e.